The van der Waals surface area contributed by atoms with Crippen LogP contribution in [0.3, 0.4) is 0 Å². The van der Waals surface area contributed by atoms with Crippen molar-refractivity contribution >= 4 is 17.5 Å². The molecule has 2 aromatic rings. The number of rotatable bonds is 5. The largest absolute Gasteiger partial charge is 0.299 e. The van der Waals surface area contributed by atoms with Gasteiger partial charge in [-0.05, 0) is 38.0 Å². The van der Waals surface area contributed by atoms with E-state index in [1.165, 1.54) is 11.1 Å². The molecular formula is C17H18OS. The molecule has 2 aromatic carbocycles. The van der Waals surface area contributed by atoms with Gasteiger partial charge in [-0.25, -0.2) is 0 Å². The van der Waals surface area contributed by atoms with Gasteiger partial charge in [-0.3, -0.25) is 4.79 Å². The smallest absolute Gasteiger partial charge is 0.143 e. The maximum Gasteiger partial charge on any atom is 0.143 e. The van der Waals surface area contributed by atoms with Gasteiger partial charge in [0.25, 0.3) is 0 Å². The van der Waals surface area contributed by atoms with Crippen LogP contribution in [0.25, 0.3) is 0 Å². The molecule has 0 saturated carbocycles. The lowest BCUT2D eigenvalue weighted by Gasteiger charge is -2.13. The summed E-state index contributed by atoms with van der Waals surface area (Å²) in [6.45, 7) is 3.75. The standard InChI is InChI=1S/C17H18OS/c1-13-8-10-15(11-9-13)12-17(14(2)18)19-16-6-4-3-5-7-16/h3-11,17H,12H2,1-2H3. The average Bonchev–Trinajstić information content (AvgIpc) is 2.41. The van der Waals surface area contributed by atoms with Crippen molar-refractivity contribution < 1.29 is 4.79 Å². The second-order valence-electron chi connectivity index (χ2n) is 4.72. The molecule has 0 heterocycles. The van der Waals surface area contributed by atoms with Crippen molar-refractivity contribution in [3.05, 3.63) is 65.7 Å². The molecule has 0 amide bonds. The first-order chi connectivity index (χ1) is 9.15. The molecule has 0 bridgehead atoms. The SMILES string of the molecule is CC(=O)C(Cc1ccc(C)cc1)Sc1ccccc1. The first-order valence-electron chi connectivity index (χ1n) is 6.43. The topological polar surface area (TPSA) is 17.1 Å². The summed E-state index contributed by atoms with van der Waals surface area (Å²) in [5, 5.41) is -0.00916. The molecule has 0 saturated heterocycles. The quantitative estimate of drug-likeness (QED) is 0.754. The van der Waals surface area contributed by atoms with Gasteiger partial charge in [0.1, 0.15) is 5.78 Å². The third-order valence-electron chi connectivity index (χ3n) is 3.02. The number of Topliss-reactive ketones (excluding diaryl/α,β-unsaturated/α-hetero) is 1. The summed E-state index contributed by atoms with van der Waals surface area (Å²) in [5.41, 5.74) is 2.47. The number of thioether (sulfide) groups is 1. The molecule has 0 radical (unpaired) electrons. The van der Waals surface area contributed by atoms with Crippen LogP contribution in [0.1, 0.15) is 18.1 Å². The van der Waals surface area contributed by atoms with Crippen LogP contribution in [0.15, 0.2) is 59.5 Å². The van der Waals surface area contributed by atoms with Crippen molar-refractivity contribution in [1.29, 1.82) is 0 Å². The maximum atomic E-state index is 11.8. The molecule has 0 N–H and O–H groups in total. The first-order valence-corrected chi connectivity index (χ1v) is 7.31. The predicted molar refractivity (Wildman–Crippen MR) is 81.7 cm³/mol. The van der Waals surface area contributed by atoms with E-state index < -0.39 is 0 Å². The Bertz CT molecular complexity index is 531. The van der Waals surface area contributed by atoms with E-state index in [4.69, 9.17) is 0 Å². The minimum atomic E-state index is -0.00916. The van der Waals surface area contributed by atoms with Crippen LogP contribution in [-0.2, 0) is 11.2 Å². The molecule has 0 aliphatic carbocycles. The Morgan fingerprint density at radius 2 is 1.68 bits per heavy atom. The zero-order valence-electron chi connectivity index (χ0n) is 11.3. The highest BCUT2D eigenvalue weighted by Crippen LogP contribution is 2.26. The second kappa shape index (κ2) is 6.58. The summed E-state index contributed by atoms with van der Waals surface area (Å²) in [6.07, 6.45) is 0.787. The highest BCUT2D eigenvalue weighted by molar-refractivity contribution is 8.00. The lowest BCUT2D eigenvalue weighted by atomic mass is 10.1. The zero-order valence-corrected chi connectivity index (χ0v) is 12.1. The van der Waals surface area contributed by atoms with Crippen LogP contribution >= 0.6 is 11.8 Å². The highest BCUT2D eigenvalue weighted by Gasteiger charge is 2.16. The normalized spacial score (nSPS) is 12.1. The van der Waals surface area contributed by atoms with Crippen LogP contribution in [0.2, 0.25) is 0 Å². The first kappa shape index (κ1) is 13.9. The average molecular weight is 270 g/mol. The number of ketones is 1. The van der Waals surface area contributed by atoms with E-state index >= 15 is 0 Å². The minimum absolute atomic E-state index is 0.00916. The Labute approximate surface area is 119 Å². The summed E-state index contributed by atoms with van der Waals surface area (Å²) in [6, 6.07) is 18.5. The van der Waals surface area contributed by atoms with Crippen LogP contribution in [-0.4, -0.2) is 11.0 Å². The van der Waals surface area contributed by atoms with Crippen LogP contribution in [0.5, 0.6) is 0 Å². The molecule has 0 spiro atoms. The van der Waals surface area contributed by atoms with Gasteiger partial charge in [-0.1, -0.05) is 48.0 Å². The zero-order chi connectivity index (χ0) is 13.7. The Hall–Kier alpha value is -1.54. The fourth-order valence-corrected chi connectivity index (χ4v) is 2.95. The predicted octanol–water partition coefficient (Wildman–Crippen LogP) is 4.29. The minimum Gasteiger partial charge on any atom is -0.299 e. The van der Waals surface area contributed by atoms with Gasteiger partial charge in [0.05, 0.1) is 5.25 Å². The number of aryl methyl sites for hydroxylation is 1. The van der Waals surface area contributed by atoms with Gasteiger partial charge in [-0.2, -0.15) is 0 Å². The highest BCUT2D eigenvalue weighted by atomic mass is 32.2. The summed E-state index contributed by atoms with van der Waals surface area (Å²) >= 11 is 1.65. The molecule has 0 fully saturated rings. The van der Waals surface area contributed by atoms with Crippen molar-refractivity contribution in [2.45, 2.75) is 30.4 Å². The van der Waals surface area contributed by atoms with Gasteiger partial charge in [0, 0.05) is 4.90 Å². The van der Waals surface area contributed by atoms with E-state index in [-0.39, 0.29) is 11.0 Å². The van der Waals surface area contributed by atoms with E-state index in [2.05, 4.69) is 43.3 Å². The lowest BCUT2D eigenvalue weighted by molar-refractivity contribution is -0.116. The van der Waals surface area contributed by atoms with Crippen molar-refractivity contribution in [2.24, 2.45) is 0 Å². The fourth-order valence-electron chi connectivity index (χ4n) is 1.87. The molecule has 2 heteroatoms. The van der Waals surface area contributed by atoms with E-state index in [0.29, 0.717) is 0 Å². The van der Waals surface area contributed by atoms with Crippen molar-refractivity contribution in [3.8, 4) is 0 Å². The molecule has 98 valence electrons. The number of carbonyl (C=O) groups is 1. The van der Waals surface area contributed by atoms with Gasteiger partial charge in [0.15, 0.2) is 0 Å². The van der Waals surface area contributed by atoms with Gasteiger partial charge in [-0.15, -0.1) is 11.8 Å². The van der Waals surface area contributed by atoms with Crippen molar-refractivity contribution in [1.82, 2.24) is 0 Å². The lowest BCUT2D eigenvalue weighted by Crippen LogP contribution is -2.16. The number of hydrogen-bond donors (Lipinski definition) is 0. The van der Waals surface area contributed by atoms with E-state index in [1.807, 2.05) is 18.2 Å². The Morgan fingerprint density at radius 3 is 2.26 bits per heavy atom. The second-order valence-corrected chi connectivity index (χ2v) is 6.00. The van der Waals surface area contributed by atoms with Crippen LogP contribution in [0.4, 0.5) is 0 Å². The van der Waals surface area contributed by atoms with Crippen molar-refractivity contribution in [2.75, 3.05) is 0 Å². The molecule has 19 heavy (non-hydrogen) atoms. The third kappa shape index (κ3) is 4.25. The molecule has 1 unspecified atom stereocenters. The monoisotopic (exact) mass is 270 g/mol. The van der Waals surface area contributed by atoms with Crippen LogP contribution in [0, 0.1) is 6.92 Å². The molecule has 1 nitrogen and oxygen atoms in total. The molecular weight excluding hydrogens is 252 g/mol. The van der Waals surface area contributed by atoms with Gasteiger partial charge >= 0.3 is 0 Å². The molecule has 0 aliphatic heterocycles. The number of hydrogen-bond acceptors (Lipinski definition) is 2. The van der Waals surface area contributed by atoms with Gasteiger partial charge < -0.3 is 0 Å². The molecule has 1 atom stereocenters. The summed E-state index contributed by atoms with van der Waals surface area (Å²) in [5.74, 6) is 0.231. The number of benzene rings is 2. The summed E-state index contributed by atoms with van der Waals surface area (Å²) in [4.78, 5) is 12.9. The fraction of sp³-hybridized carbons (Fsp3) is 0.235. The Morgan fingerprint density at radius 1 is 1.05 bits per heavy atom. The van der Waals surface area contributed by atoms with E-state index in [1.54, 1.807) is 18.7 Å². The summed E-state index contributed by atoms with van der Waals surface area (Å²) < 4.78 is 0. The Kier molecular flexibility index (Phi) is 4.80. The van der Waals surface area contributed by atoms with E-state index in [0.717, 1.165) is 11.3 Å². The van der Waals surface area contributed by atoms with E-state index in [9.17, 15) is 4.79 Å². The third-order valence-corrected chi connectivity index (χ3v) is 4.34. The Balaban J connectivity index is 2.08. The molecule has 0 aromatic heterocycles. The molecule has 0 aliphatic rings. The molecule has 2 rings (SSSR count). The van der Waals surface area contributed by atoms with Gasteiger partial charge in [0.2, 0.25) is 0 Å². The maximum absolute atomic E-state index is 11.8. The van der Waals surface area contributed by atoms with Crippen molar-refractivity contribution in [3.63, 3.8) is 0 Å². The van der Waals surface area contributed by atoms with Crippen LogP contribution < -0.4 is 0 Å². The number of carbonyl (C=O) groups excluding carboxylic acids is 1. The summed E-state index contributed by atoms with van der Waals surface area (Å²) in [7, 11) is 0.